The molecule has 4 nitrogen and oxygen atoms in total. The third-order valence-corrected chi connectivity index (χ3v) is 4.26. The van der Waals surface area contributed by atoms with E-state index in [1.807, 2.05) is 12.1 Å². The molecule has 0 atom stereocenters. The van der Waals surface area contributed by atoms with Crippen LogP contribution in [0.25, 0.3) is 10.9 Å². The van der Waals surface area contributed by atoms with E-state index in [4.69, 9.17) is 16.3 Å². The molecular formula is C14H12Br2ClNO3. The number of methoxy groups -OCH3 is 1. The first kappa shape index (κ1) is 16.5. The highest BCUT2D eigenvalue weighted by Gasteiger charge is 2.13. The maximum Gasteiger partial charge on any atom is 0.305 e. The van der Waals surface area contributed by atoms with Crippen LogP contribution in [-0.4, -0.2) is 24.7 Å². The highest BCUT2D eigenvalue weighted by molar-refractivity contribution is 9.11. The Bertz CT molecular complexity index is 679. The number of hydrogen-bond acceptors (Lipinski definition) is 4. The van der Waals surface area contributed by atoms with E-state index in [0.717, 1.165) is 14.3 Å². The van der Waals surface area contributed by atoms with Gasteiger partial charge in [-0.3, -0.25) is 4.79 Å². The lowest BCUT2D eigenvalue weighted by atomic mass is 10.2. The molecule has 0 aliphatic heterocycles. The number of nitrogens with zero attached hydrogens (tertiary/aromatic N) is 1. The van der Waals surface area contributed by atoms with Crippen LogP contribution in [0.4, 0.5) is 0 Å². The smallest absolute Gasteiger partial charge is 0.305 e. The normalized spacial score (nSPS) is 10.7. The maximum atomic E-state index is 11.1. The molecule has 1 heterocycles. The van der Waals surface area contributed by atoms with Crippen LogP contribution in [0, 0.1) is 0 Å². The average molecular weight is 438 g/mol. The molecule has 112 valence electrons. The third kappa shape index (κ3) is 4.08. The largest absolute Gasteiger partial charge is 0.490 e. The van der Waals surface area contributed by atoms with Crippen molar-refractivity contribution in [1.82, 2.24) is 4.98 Å². The summed E-state index contributed by atoms with van der Waals surface area (Å²) in [6.07, 6.45) is 0.883. The van der Waals surface area contributed by atoms with Crippen LogP contribution < -0.4 is 4.74 Å². The second-order valence-electron chi connectivity index (χ2n) is 4.23. The van der Waals surface area contributed by atoms with Gasteiger partial charge in [0, 0.05) is 16.3 Å². The van der Waals surface area contributed by atoms with Gasteiger partial charge in [0.25, 0.3) is 0 Å². The van der Waals surface area contributed by atoms with E-state index in [1.54, 1.807) is 6.07 Å². The standard InChI is InChI=1S/C14H12Br2ClNO3/c1-20-12(19)3-2-6-21-14-10(16)7-9(15)8-4-5-11(17)18-13(8)14/h4-5,7H,2-3,6H2,1H3. The molecule has 2 rings (SSSR count). The van der Waals surface area contributed by atoms with Gasteiger partial charge in [-0.05, 0) is 40.5 Å². The van der Waals surface area contributed by atoms with Gasteiger partial charge in [0.05, 0.1) is 18.2 Å². The van der Waals surface area contributed by atoms with Gasteiger partial charge in [-0.2, -0.15) is 0 Å². The van der Waals surface area contributed by atoms with Gasteiger partial charge in [0.1, 0.15) is 10.7 Å². The molecule has 0 saturated carbocycles. The van der Waals surface area contributed by atoms with Gasteiger partial charge in [-0.15, -0.1) is 0 Å². The van der Waals surface area contributed by atoms with E-state index >= 15 is 0 Å². The molecule has 0 aliphatic carbocycles. The van der Waals surface area contributed by atoms with Gasteiger partial charge >= 0.3 is 5.97 Å². The lowest BCUT2D eigenvalue weighted by Crippen LogP contribution is -2.05. The quantitative estimate of drug-likeness (QED) is 0.385. The molecule has 0 fully saturated rings. The monoisotopic (exact) mass is 435 g/mol. The Hall–Kier alpha value is -0.850. The van der Waals surface area contributed by atoms with E-state index < -0.39 is 0 Å². The number of hydrogen-bond donors (Lipinski definition) is 0. The van der Waals surface area contributed by atoms with Crippen LogP contribution in [0.1, 0.15) is 12.8 Å². The van der Waals surface area contributed by atoms with E-state index in [0.29, 0.717) is 35.9 Å². The molecule has 0 N–H and O–H groups in total. The molecule has 0 radical (unpaired) electrons. The predicted octanol–water partition coefficient (Wildman–Crippen LogP) is 4.75. The molecule has 0 aliphatic rings. The van der Waals surface area contributed by atoms with Crippen molar-refractivity contribution in [3.8, 4) is 5.75 Å². The van der Waals surface area contributed by atoms with E-state index in [2.05, 4.69) is 41.6 Å². The van der Waals surface area contributed by atoms with Crippen molar-refractivity contribution in [2.45, 2.75) is 12.8 Å². The number of carbonyl (C=O) groups excluding carboxylic acids is 1. The molecule has 0 spiro atoms. The summed E-state index contributed by atoms with van der Waals surface area (Å²) < 4.78 is 12.0. The summed E-state index contributed by atoms with van der Waals surface area (Å²) in [6.45, 7) is 0.388. The van der Waals surface area contributed by atoms with Gasteiger partial charge in [-0.1, -0.05) is 27.5 Å². The molecule has 7 heteroatoms. The Kier molecular flexibility index (Phi) is 5.84. The molecule has 0 bridgehead atoms. The number of fused-ring (bicyclic) bond motifs is 1. The number of rotatable bonds is 5. The Morgan fingerprint density at radius 3 is 2.81 bits per heavy atom. The number of ether oxygens (including phenoxy) is 2. The Labute approximate surface area is 144 Å². The molecule has 0 amide bonds. The fourth-order valence-electron chi connectivity index (χ4n) is 1.80. The zero-order valence-corrected chi connectivity index (χ0v) is 15.1. The number of esters is 1. The highest BCUT2D eigenvalue weighted by Crippen LogP contribution is 2.38. The molecule has 1 aromatic heterocycles. The number of halogens is 3. The molecular weight excluding hydrogens is 425 g/mol. The zero-order chi connectivity index (χ0) is 15.4. The summed E-state index contributed by atoms with van der Waals surface area (Å²) in [4.78, 5) is 15.4. The van der Waals surface area contributed by atoms with Gasteiger partial charge in [0.2, 0.25) is 0 Å². The fourth-order valence-corrected chi connectivity index (χ4v) is 3.33. The summed E-state index contributed by atoms with van der Waals surface area (Å²) in [5.74, 6) is 0.361. The summed E-state index contributed by atoms with van der Waals surface area (Å²) >= 11 is 12.9. The highest BCUT2D eigenvalue weighted by atomic mass is 79.9. The van der Waals surface area contributed by atoms with Crippen LogP contribution >= 0.6 is 43.5 Å². The zero-order valence-electron chi connectivity index (χ0n) is 11.2. The SMILES string of the molecule is COC(=O)CCCOc1c(Br)cc(Br)c2ccc(Cl)nc12. The second-order valence-corrected chi connectivity index (χ2v) is 6.32. The van der Waals surface area contributed by atoms with Crippen molar-refractivity contribution in [2.24, 2.45) is 0 Å². The third-order valence-electron chi connectivity index (χ3n) is 2.80. The number of carbonyl (C=O) groups is 1. The Morgan fingerprint density at radius 2 is 2.10 bits per heavy atom. The number of aromatic nitrogens is 1. The lowest BCUT2D eigenvalue weighted by Gasteiger charge is -2.12. The predicted molar refractivity (Wildman–Crippen MR) is 88.9 cm³/mol. The minimum atomic E-state index is -0.250. The molecule has 0 saturated heterocycles. The minimum absolute atomic E-state index is 0.250. The van der Waals surface area contributed by atoms with Crippen molar-refractivity contribution < 1.29 is 14.3 Å². The maximum absolute atomic E-state index is 11.1. The summed E-state index contributed by atoms with van der Waals surface area (Å²) in [5.41, 5.74) is 0.668. The molecule has 21 heavy (non-hydrogen) atoms. The van der Waals surface area contributed by atoms with Crippen molar-refractivity contribution in [1.29, 1.82) is 0 Å². The van der Waals surface area contributed by atoms with Crippen LogP contribution in [0.2, 0.25) is 5.15 Å². The number of benzene rings is 1. The lowest BCUT2D eigenvalue weighted by molar-refractivity contribution is -0.140. The van der Waals surface area contributed by atoms with Crippen molar-refractivity contribution in [3.63, 3.8) is 0 Å². The first-order chi connectivity index (χ1) is 10.0. The minimum Gasteiger partial charge on any atom is -0.490 e. The molecule has 1 aromatic carbocycles. The molecule has 0 unspecified atom stereocenters. The summed E-state index contributed by atoms with van der Waals surface area (Å²) in [5, 5.41) is 1.30. The van der Waals surface area contributed by atoms with Crippen LogP contribution in [0.15, 0.2) is 27.1 Å². The average Bonchev–Trinajstić information content (AvgIpc) is 2.45. The summed E-state index contributed by atoms with van der Waals surface area (Å²) in [6, 6.07) is 5.50. The van der Waals surface area contributed by atoms with Crippen molar-refractivity contribution in [2.75, 3.05) is 13.7 Å². The van der Waals surface area contributed by atoms with Gasteiger partial charge < -0.3 is 9.47 Å². The van der Waals surface area contributed by atoms with E-state index in [-0.39, 0.29) is 5.97 Å². The molecule has 2 aromatic rings. The Balaban J connectivity index is 2.22. The first-order valence-corrected chi connectivity index (χ1v) is 8.13. The van der Waals surface area contributed by atoms with E-state index in [1.165, 1.54) is 7.11 Å². The van der Waals surface area contributed by atoms with Crippen molar-refractivity contribution >= 4 is 60.3 Å². The van der Waals surface area contributed by atoms with Crippen LogP contribution in [0.3, 0.4) is 0 Å². The first-order valence-electron chi connectivity index (χ1n) is 6.17. The van der Waals surface area contributed by atoms with Crippen LogP contribution in [-0.2, 0) is 9.53 Å². The van der Waals surface area contributed by atoms with Crippen LogP contribution in [0.5, 0.6) is 5.75 Å². The number of pyridine rings is 1. The topological polar surface area (TPSA) is 48.4 Å². The van der Waals surface area contributed by atoms with Crippen molar-refractivity contribution in [3.05, 3.63) is 32.3 Å². The second kappa shape index (κ2) is 7.42. The van der Waals surface area contributed by atoms with E-state index in [9.17, 15) is 4.79 Å². The summed E-state index contributed by atoms with van der Waals surface area (Å²) in [7, 11) is 1.37. The Morgan fingerprint density at radius 1 is 1.33 bits per heavy atom. The van der Waals surface area contributed by atoms with Gasteiger partial charge in [-0.25, -0.2) is 4.98 Å². The fraction of sp³-hybridized carbons (Fsp3) is 0.286. The van der Waals surface area contributed by atoms with Gasteiger partial charge in [0.15, 0.2) is 5.75 Å².